The van der Waals surface area contributed by atoms with Gasteiger partial charge in [0.15, 0.2) is 0 Å². The summed E-state index contributed by atoms with van der Waals surface area (Å²) >= 11 is 3.35. The molecule has 3 aromatic carbocycles. The van der Waals surface area contributed by atoms with Crippen LogP contribution in [0.4, 0.5) is 5.69 Å². The van der Waals surface area contributed by atoms with Gasteiger partial charge in [-0.15, -0.1) is 0 Å². The Labute approximate surface area is 187 Å². The van der Waals surface area contributed by atoms with E-state index in [9.17, 15) is 14.4 Å². The van der Waals surface area contributed by atoms with E-state index in [1.807, 2.05) is 13.0 Å². The second kappa shape index (κ2) is 10.4. The molecular weight excluding hydrogens is 462 g/mol. The summed E-state index contributed by atoms with van der Waals surface area (Å²) in [4.78, 5) is 36.8. The number of nitrogens with one attached hydrogen (secondary N) is 3. The molecule has 0 bridgehead atoms. The molecular formula is C23H20BrN3O4. The minimum absolute atomic E-state index is 0.244. The lowest BCUT2D eigenvalue weighted by molar-refractivity contribution is 0.0846. The van der Waals surface area contributed by atoms with Gasteiger partial charge in [0.1, 0.15) is 5.75 Å². The highest BCUT2D eigenvalue weighted by atomic mass is 79.9. The van der Waals surface area contributed by atoms with Gasteiger partial charge in [-0.25, -0.2) is 0 Å². The van der Waals surface area contributed by atoms with Gasteiger partial charge in [-0.05, 0) is 77.5 Å². The summed E-state index contributed by atoms with van der Waals surface area (Å²) in [5.41, 5.74) is 6.51. The summed E-state index contributed by atoms with van der Waals surface area (Å²) in [7, 11) is 0. The van der Waals surface area contributed by atoms with Crippen molar-refractivity contribution >= 4 is 39.3 Å². The number of anilines is 1. The Morgan fingerprint density at radius 1 is 0.774 bits per heavy atom. The first-order chi connectivity index (χ1) is 15.0. The van der Waals surface area contributed by atoms with Gasteiger partial charge in [0.25, 0.3) is 17.7 Å². The Balaban J connectivity index is 1.55. The van der Waals surface area contributed by atoms with Crippen molar-refractivity contribution in [2.75, 3.05) is 11.9 Å². The fourth-order valence-electron chi connectivity index (χ4n) is 2.67. The lowest BCUT2D eigenvalue weighted by atomic mass is 10.1. The summed E-state index contributed by atoms with van der Waals surface area (Å²) in [5, 5.41) is 2.76. The van der Waals surface area contributed by atoms with E-state index in [2.05, 4.69) is 32.1 Å². The molecule has 3 rings (SSSR count). The molecule has 0 atom stereocenters. The van der Waals surface area contributed by atoms with E-state index in [1.54, 1.807) is 66.7 Å². The number of rotatable bonds is 6. The molecule has 0 fully saturated rings. The Morgan fingerprint density at radius 2 is 1.35 bits per heavy atom. The number of carbonyl (C=O) groups excluding carboxylic acids is 3. The van der Waals surface area contributed by atoms with E-state index < -0.39 is 11.8 Å². The molecule has 0 aliphatic rings. The first kappa shape index (κ1) is 22.0. The minimum atomic E-state index is -0.487. The van der Waals surface area contributed by atoms with Crippen molar-refractivity contribution in [3.63, 3.8) is 0 Å². The van der Waals surface area contributed by atoms with Crippen LogP contribution in [0.5, 0.6) is 5.75 Å². The summed E-state index contributed by atoms with van der Waals surface area (Å²) < 4.78 is 6.05. The molecule has 0 unspecified atom stereocenters. The molecule has 0 heterocycles. The largest absolute Gasteiger partial charge is 0.493 e. The highest BCUT2D eigenvalue weighted by Crippen LogP contribution is 2.25. The first-order valence-corrected chi connectivity index (χ1v) is 10.3. The Hall–Kier alpha value is -3.65. The van der Waals surface area contributed by atoms with Gasteiger partial charge < -0.3 is 10.1 Å². The summed E-state index contributed by atoms with van der Waals surface area (Å²) in [6.45, 7) is 2.38. The fourth-order valence-corrected chi connectivity index (χ4v) is 3.16. The zero-order valence-electron chi connectivity index (χ0n) is 16.6. The number of amides is 3. The van der Waals surface area contributed by atoms with Crippen LogP contribution < -0.4 is 20.9 Å². The molecule has 3 amide bonds. The number of ether oxygens (including phenoxy) is 1. The van der Waals surface area contributed by atoms with Crippen molar-refractivity contribution in [1.29, 1.82) is 0 Å². The molecule has 0 spiro atoms. The standard InChI is InChI=1S/C23H20BrN3O4/c1-2-31-20-13-10-17(14-19(20)24)23(30)27-26-22(29)16-8-11-18(12-9-16)25-21(28)15-6-4-3-5-7-15/h3-14H,2H2,1H3,(H,25,28)(H,26,29)(H,27,30). The smallest absolute Gasteiger partial charge is 0.269 e. The second-order valence-electron chi connectivity index (χ2n) is 6.38. The highest BCUT2D eigenvalue weighted by molar-refractivity contribution is 9.10. The molecule has 7 nitrogen and oxygen atoms in total. The fraction of sp³-hybridized carbons (Fsp3) is 0.0870. The normalized spacial score (nSPS) is 10.1. The average molecular weight is 482 g/mol. The van der Waals surface area contributed by atoms with Crippen LogP contribution in [0.2, 0.25) is 0 Å². The van der Waals surface area contributed by atoms with E-state index in [-0.39, 0.29) is 5.91 Å². The number of benzene rings is 3. The molecule has 3 N–H and O–H groups in total. The lowest BCUT2D eigenvalue weighted by Gasteiger charge is -2.10. The summed E-state index contributed by atoms with van der Waals surface area (Å²) in [5.74, 6) is -0.572. The number of hydrogen-bond donors (Lipinski definition) is 3. The van der Waals surface area contributed by atoms with Crippen molar-refractivity contribution in [3.05, 3.63) is 94.0 Å². The third kappa shape index (κ3) is 5.93. The van der Waals surface area contributed by atoms with Crippen LogP contribution in [0.25, 0.3) is 0 Å². The zero-order chi connectivity index (χ0) is 22.2. The molecule has 3 aromatic rings. The summed E-state index contributed by atoms with van der Waals surface area (Å²) in [6.07, 6.45) is 0. The van der Waals surface area contributed by atoms with Crippen molar-refractivity contribution < 1.29 is 19.1 Å². The third-order valence-electron chi connectivity index (χ3n) is 4.22. The number of carbonyl (C=O) groups is 3. The van der Waals surface area contributed by atoms with Crippen molar-refractivity contribution in [3.8, 4) is 5.75 Å². The van der Waals surface area contributed by atoms with Crippen LogP contribution in [0.15, 0.2) is 77.3 Å². The van der Waals surface area contributed by atoms with Crippen LogP contribution in [0.3, 0.4) is 0 Å². The Morgan fingerprint density at radius 3 is 1.97 bits per heavy atom. The maximum atomic E-state index is 12.3. The quantitative estimate of drug-likeness (QED) is 0.460. The number of halogens is 1. The van der Waals surface area contributed by atoms with Crippen LogP contribution in [0, 0.1) is 0 Å². The molecule has 0 aliphatic heterocycles. The van der Waals surface area contributed by atoms with E-state index in [4.69, 9.17) is 4.74 Å². The molecule has 0 aliphatic carbocycles. The third-order valence-corrected chi connectivity index (χ3v) is 4.84. The monoisotopic (exact) mass is 481 g/mol. The lowest BCUT2D eigenvalue weighted by Crippen LogP contribution is -2.41. The number of hydrazine groups is 1. The summed E-state index contributed by atoms with van der Waals surface area (Å²) in [6, 6.07) is 20.0. The second-order valence-corrected chi connectivity index (χ2v) is 7.24. The Kier molecular flexibility index (Phi) is 7.40. The van der Waals surface area contributed by atoms with E-state index in [1.165, 1.54) is 0 Å². The molecule has 0 saturated heterocycles. The molecule has 0 saturated carbocycles. The predicted molar refractivity (Wildman–Crippen MR) is 121 cm³/mol. The van der Waals surface area contributed by atoms with Crippen LogP contribution >= 0.6 is 15.9 Å². The average Bonchev–Trinajstić information content (AvgIpc) is 2.79. The van der Waals surface area contributed by atoms with Gasteiger partial charge in [0.05, 0.1) is 11.1 Å². The molecule has 158 valence electrons. The van der Waals surface area contributed by atoms with Gasteiger partial charge in [-0.2, -0.15) is 0 Å². The number of hydrogen-bond acceptors (Lipinski definition) is 4. The van der Waals surface area contributed by atoms with Crippen molar-refractivity contribution in [1.82, 2.24) is 10.9 Å². The van der Waals surface area contributed by atoms with Crippen molar-refractivity contribution in [2.24, 2.45) is 0 Å². The molecule has 0 radical (unpaired) electrons. The van der Waals surface area contributed by atoms with Crippen LogP contribution in [-0.4, -0.2) is 24.3 Å². The molecule has 31 heavy (non-hydrogen) atoms. The van der Waals surface area contributed by atoms with E-state index in [0.29, 0.717) is 39.2 Å². The molecule has 8 heteroatoms. The highest BCUT2D eigenvalue weighted by Gasteiger charge is 2.12. The first-order valence-electron chi connectivity index (χ1n) is 9.47. The SMILES string of the molecule is CCOc1ccc(C(=O)NNC(=O)c2ccc(NC(=O)c3ccccc3)cc2)cc1Br. The zero-order valence-corrected chi connectivity index (χ0v) is 18.2. The Bertz CT molecular complexity index is 1090. The van der Waals surface area contributed by atoms with Crippen LogP contribution in [-0.2, 0) is 0 Å². The van der Waals surface area contributed by atoms with E-state index in [0.717, 1.165) is 0 Å². The maximum absolute atomic E-state index is 12.3. The topological polar surface area (TPSA) is 96.5 Å². The molecule has 0 aromatic heterocycles. The predicted octanol–water partition coefficient (Wildman–Crippen LogP) is 4.17. The van der Waals surface area contributed by atoms with Gasteiger partial charge >= 0.3 is 0 Å². The van der Waals surface area contributed by atoms with Crippen molar-refractivity contribution in [2.45, 2.75) is 6.92 Å². The van der Waals surface area contributed by atoms with Crippen LogP contribution in [0.1, 0.15) is 38.0 Å². The van der Waals surface area contributed by atoms with Gasteiger partial charge in [0.2, 0.25) is 0 Å². The van der Waals surface area contributed by atoms with E-state index >= 15 is 0 Å². The minimum Gasteiger partial charge on any atom is -0.493 e. The van der Waals surface area contributed by atoms with Gasteiger partial charge in [-0.3, -0.25) is 25.2 Å². The maximum Gasteiger partial charge on any atom is 0.269 e. The van der Waals surface area contributed by atoms with Gasteiger partial charge in [0, 0.05) is 22.4 Å². The van der Waals surface area contributed by atoms with Gasteiger partial charge in [-0.1, -0.05) is 18.2 Å².